The summed E-state index contributed by atoms with van der Waals surface area (Å²) >= 11 is 0. The molecular formula is C20H30N6O. The molecule has 7 nitrogen and oxygen atoms in total. The Morgan fingerprint density at radius 2 is 2.04 bits per heavy atom. The normalized spacial score (nSPS) is 21.4. The number of nitrogens with zero attached hydrogens (tertiary/aromatic N) is 6. The number of carbonyl (C=O) groups is 1. The summed E-state index contributed by atoms with van der Waals surface area (Å²) in [6.45, 7) is 9.60. The summed E-state index contributed by atoms with van der Waals surface area (Å²) in [6.07, 6.45) is 5.41. The second-order valence-corrected chi connectivity index (χ2v) is 7.90. The van der Waals surface area contributed by atoms with Gasteiger partial charge in [0.25, 0.3) is 5.91 Å². The minimum absolute atomic E-state index is 0.132. The number of fused-ring (bicyclic) bond motifs is 1. The average molecular weight is 371 g/mol. The summed E-state index contributed by atoms with van der Waals surface area (Å²) in [6, 6.07) is 2.06. The van der Waals surface area contributed by atoms with Crippen molar-refractivity contribution < 1.29 is 4.79 Å². The second-order valence-electron chi connectivity index (χ2n) is 7.90. The van der Waals surface area contributed by atoms with E-state index >= 15 is 0 Å². The predicted octanol–water partition coefficient (Wildman–Crippen LogP) is 2.17. The summed E-state index contributed by atoms with van der Waals surface area (Å²) < 4.78 is 3.83. The van der Waals surface area contributed by atoms with Crippen LogP contribution in [0.4, 0.5) is 0 Å². The molecule has 2 aliphatic heterocycles. The van der Waals surface area contributed by atoms with Crippen LogP contribution in [0.15, 0.2) is 12.3 Å². The lowest BCUT2D eigenvalue weighted by Crippen LogP contribution is -2.34. The third kappa shape index (κ3) is 3.65. The fourth-order valence-electron chi connectivity index (χ4n) is 4.44. The molecule has 0 N–H and O–H groups in total. The van der Waals surface area contributed by atoms with Crippen LogP contribution in [0.25, 0.3) is 0 Å². The topological polar surface area (TPSA) is 59.2 Å². The zero-order valence-electron chi connectivity index (χ0n) is 16.7. The van der Waals surface area contributed by atoms with Crippen LogP contribution >= 0.6 is 0 Å². The first-order chi connectivity index (χ1) is 13.0. The summed E-state index contributed by atoms with van der Waals surface area (Å²) in [5.41, 5.74) is 4.26. The molecule has 4 heterocycles. The fraction of sp³-hybridized carbons (Fsp3) is 0.650. The molecule has 0 radical (unpaired) electrons. The number of amides is 1. The first-order valence-corrected chi connectivity index (χ1v) is 10.1. The van der Waals surface area contributed by atoms with Gasteiger partial charge in [0.05, 0.1) is 11.4 Å². The Morgan fingerprint density at radius 3 is 2.78 bits per heavy atom. The van der Waals surface area contributed by atoms with E-state index in [-0.39, 0.29) is 5.91 Å². The van der Waals surface area contributed by atoms with E-state index < -0.39 is 0 Å². The molecule has 1 unspecified atom stereocenters. The summed E-state index contributed by atoms with van der Waals surface area (Å²) in [5.74, 6) is 0.533. The Morgan fingerprint density at radius 1 is 1.19 bits per heavy atom. The number of carbonyl (C=O) groups excluding carboxylic acids is 1. The number of hydrogen-bond acceptors (Lipinski definition) is 4. The van der Waals surface area contributed by atoms with Crippen molar-refractivity contribution in [3.63, 3.8) is 0 Å². The molecule has 1 atom stereocenters. The van der Waals surface area contributed by atoms with E-state index in [4.69, 9.17) is 5.10 Å². The van der Waals surface area contributed by atoms with E-state index in [1.54, 1.807) is 0 Å². The van der Waals surface area contributed by atoms with Gasteiger partial charge in [0.15, 0.2) is 0 Å². The van der Waals surface area contributed by atoms with Crippen molar-refractivity contribution in [2.45, 2.75) is 52.1 Å². The van der Waals surface area contributed by atoms with Gasteiger partial charge in [0.1, 0.15) is 5.69 Å². The number of aromatic nitrogens is 4. The first-order valence-electron chi connectivity index (χ1n) is 10.1. The van der Waals surface area contributed by atoms with Crippen LogP contribution in [0.3, 0.4) is 0 Å². The molecule has 0 saturated carbocycles. The Balaban J connectivity index is 1.50. The standard InChI is InChI=1S/C20H30N6O/c1-4-25-9-6-10-26-19(20(25)27)11-18(22-26)16-7-5-8-24(13-16)14-17-12-23(3)21-15(17)2/h11-12,16H,4-10,13-14H2,1-3H3. The molecule has 0 aliphatic carbocycles. The van der Waals surface area contributed by atoms with Gasteiger partial charge in [-0.2, -0.15) is 10.2 Å². The molecule has 2 aromatic rings. The zero-order chi connectivity index (χ0) is 19.0. The number of aryl methyl sites for hydroxylation is 3. The van der Waals surface area contributed by atoms with Gasteiger partial charge in [0.2, 0.25) is 0 Å². The highest BCUT2D eigenvalue weighted by Crippen LogP contribution is 2.28. The van der Waals surface area contributed by atoms with Crippen molar-refractivity contribution in [1.29, 1.82) is 0 Å². The minimum atomic E-state index is 0.132. The maximum atomic E-state index is 12.8. The maximum absolute atomic E-state index is 12.8. The van der Waals surface area contributed by atoms with Crippen LogP contribution in [-0.4, -0.2) is 61.4 Å². The molecule has 0 aromatic carbocycles. The van der Waals surface area contributed by atoms with Gasteiger partial charge in [-0.1, -0.05) is 0 Å². The van der Waals surface area contributed by atoms with E-state index in [9.17, 15) is 4.79 Å². The number of hydrogen-bond donors (Lipinski definition) is 0. The Bertz CT molecular complexity index is 823. The SMILES string of the molecule is CCN1CCCn2nc(C3CCCN(Cc4cn(C)nc4C)C3)cc2C1=O. The lowest BCUT2D eigenvalue weighted by molar-refractivity contribution is 0.0766. The van der Waals surface area contributed by atoms with Gasteiger partial charge < -0.3 is 4.90 Å². The van der Waals surface area contributed by atoms with E-state index in [2.05, 4.69) is 29.2 Å². The average Bonchev–Trinajstić information content (AvgIpc) is 3.17. The van der Waals surface area contributed by atoms with Gasteiger partial charge in [-0.15, -0.1) is 0 Å². The van der Waals surface area contributed by atoms with E-state index in [0.29, 0.717) is 5.92 Å². The quantitative estimate of drug-likeness (QED) is 0.828. The Kier molecular flexibility index (Phi) is 5.04. The van der Waals surface area contributed by atoms with Crippen molar-refractivity contribution in [3.8, 4) is 0 Å². The summed E-state index contributed by atoms with van der Waals surface area (Å²) in [4.78, 5) is 17.2. The first kappa shape index (κ1) is 18.2. The highest BCUT2D eigenvalue weighted by Gasteiger charge is 2.28. The Hall–Kier alpha value is -2.15. The number of piperidine rings is 1. The van der Waals surface area contributed by atoms with Crippen LogP contribution < -0.4 is 0 Å². The molecule has 2 aliphatic rings. The van der Waals surface area contributed by atoms with Crippen molar-refractivity contribution in [1.82, 2.24) is 29.4 Å². The van der Waals surface area contributed by atoms with Crippen LogP contribution in [0.5, 0.6) is 0 Å². The molecule has 1 fully saturated rings. The highest BCUT2D eigenvalue weighted by molar-refractivity contribution is 5.93. The molecule has 7 heteroatoms. The molecule has 146 valence electrons. The van der Waals surface area contributed by atoms with Crippen LogP contribution in [0, 0.1) is 6.92 Å². The maximum Gasteiger partial charge on any atom is 0.272 e. The van der Waals surface area contributed by atoms with Crippen LogP contribution in [0.2, 0.25) is 0 Å². The van der Waals surface area contributed by atoms with Gasteiger partial charge in [-0.3, -0.25) is 19.1 Å². The fourth-order valence-corrected chi connectivity index (χ4v) is 4.44. The highest BCUT2D eigenvalue weighted by atomic mass is 16.2. The molecule has 2 aromatic heterocycles. The molecule has 0 bridgehead atoms. The van der Waals surface area contributed by atoms with Crippen LogP contribution in [-0.2, 0) is 20.1 Å². The summed E-state index contributed by atoms with van der Waals surface area (Å²) in [7, 11) is 1.98. The molecule has 0 spiro atoms. The molecule has 4 rings (SSSR count). The number of rotatable bonds is 4. The molecule has 1 amide bonds. The van der Waals surface area contributed by atoms with Gasteiger partial charge in [0, 0.05) is 57.4 Å². The predicted molar refractivity (Wildman–Crippen MR) is 104 cm³/mol. The van der Waals surface area contributed by atoms with E-state index in [1.807, 2.05) is 28.2 Å². The lowest BCUT2D eigenvalue weighted by Gasteiger charge is -2.31. The third-order valence-corrected chi connectivity index (χ3v) is 5.92. The second kappa shape index (κ2) is 7.46. The molecule has 27 heavy (non-hydrogen) atoms. The summed E-state index contributed by atoms with van der Waals surface area (Å²) in [5, 5.41) is 9.31. The largest absolute Gasteiger partial charge is 0.338 e. The van der Waals surface area contributed by atoms with Crippen molar-refractivity contribution >= 4 is 5.91 Å². The zero-order valence-corrected chi connectivity index (χ0v) is 16.7. The monoisotopic (exact) mass is 370 g/mol. The van der Waals surface area contributed by atoms with Gasteiger partial charge >= 0.3 is 0 Å². The molecular weight excluding hydrogens is 340 g/mol. The van der Waals surface area contributed by atoms with E-state index in [1.165, 1.54) is 12.0 Å². The smallest absolute Gasteiger partial charge is 0.272 e. The Labute approximate surface area is 160 Å². The molecule has 1 saturated heterocycles. The van der Waals surface area contributed by atoms with Crippen molar-refractivity contribution in [3.05, 3.63) is 34.9 Å². The van der Waals surface area contributed by atoms with Crippen molar-refractivity contribution in [2.75, 3.05) is 26.2 Å². The van der Waals surface area contributed by atoms with Gasteiger partial charge in [-0.25, -0.2) is 0 Å². The van der Waals surface area contributed by atoms with Crippen molar-refractivity contribution in [2.24, 2.45) is 7.05 Å². The minimum Gasteiger partial charge on any atom is -0.338 e. The number of likely N-dealkylation sites (tertiary alicyclic amines) is 1. The third-order valence-electron chi connectivity index (χ3n) is 5.92. The van der Waals surface area contributed by atoms with Crippen LogP contribution in [0.1, 0.15) is 59.5 Å². The lowest BCUT2D eigenvalue weighted by atomic mass is 9.94. The van der Waals surface area contributed by atoms with Gasteiger partial charge in [-0.05, 0) is 45.7 Å². The van der Waals surface area contributed by atoms with E-state index in [0.717, 1.165) is 69.2 Å².